The summed E-state index contributed by atoms with van der Waals surface area (Å²) in [7, 11) is 5.02. The summed E-state index contributed by atoms with van der Waals surface area (Å²) >= 11 is 0. The molecule has 0 aliphatic heterocycles. The Morgan fingerprint density at radius 3 is 2.67 bits per heavy atom. The zero-order valence-corrected chi connectivity index (χ0v) is 16.2. The Kier molecular flexibility index (Phi) is 5.64. The van der Waals surface area contributed by atoms with Crippen LogP contribution < -0.4 is 9.47 Å². The predicted molar refractivity (Wildman–Crippen MR) is 105 cm³/mol. The van der Waals surface area contributed by atoms with Crippen LogP contribution in [0.4, 0.5) is 0 Å². The Morgan fingerprint density at radius 2 is 1.93 bits per heavy atom. The molecule has 0 spiro atoms. The van der Waals surface area contributed by atoms with Crippen molar-refractivity contribution in [3.8, 4) is 11.5 Å². The van der Waals surface area contributed by atoms with E-state index in [4.69, 9.17) is 9.47 Å². The summed E-state index contributed by atoms with van der Waals surface area (Å²) in [5, 5.41) is 5.56. The molecule has 27 heavy (non-hydrogen) atoms. The molecule has 6 heteroatoms. The minimum absolute atomic E-state index is 0.0705. The molecule has 0 atom stereocenters. The molecule has 0 fully saturated rings. The summed E-state index contributed by atoms with van der Waals surface area (Å²) in [5.41, 5.74) is 3.24. The first-order valence-corrected chi connectivity index (χ1v) is 8.89. The van der Waals surface area contributed by atoms with Crippen LogP contribution in [0.5, 0.6) is 11.5 Å². The molecule has 0 saturated carbocycles. The van der Waals surface area contributed by atoms with Crippen molar-refractivity contribution in [2.24, 2.45) is 0 Å². The molecule has 0 radical (unpaired) electrons. The molecule has 0 aliphatic rings. The third-order valence-electron chi connectivity index (χ3n) is 4.74. The van der Waals surface area contributed by atoms with Crippen LogP contribution in [0, 0.1) is 6.92 Å². The van der Waals surface area contributed by atoms with E-state index in [1.807, 2.05) is 48.3 Å². The molecule has 142 valence electrons. The Morgan fingerprint density at radius 1 is 1.15 bits per heavy atom. The zero-order chi connectivity index (χ0) is 19.4. The number of rotatable bonds is 7. The fourth-order valence-electron chi connectivity index (χ4n) is 3.16. The smallest absolute Gasteiger partial charge is 0.224 e. The number of hydrogen-bond donors (Lipinski definition) is 0. The normalized spacial score (nSPS) is 10.8. The second kappa shape index (κ2) is 8.12. The molecule has 6 nitrogen and oxygen atoms in total. The van der Waals surface area contributed by atoms with Crippen LogP contribution in [0.1, 0.15) is 17.5 Å². The van der Waals surface area contributed by atoms with Gasteiger partial charge in [-0.25, -0.2) is 0 Å². The second-order valence-electron chi connectivity index (χ2n) is 6.56. The molecule has 0 N–H and O–H groups in total. The van der Waals surface area contributed by atoms with Crippen molar-refractivity contribution in [1.82, 2.24) is 14.7 Å². The summed E-state index contributed by atoms with van der Waals surface area (Å²) in [6.07, 6.45) is 2.26. The van der Waals surface area contributed by atoms with Gasteiger partial charge >= 0.3 is 0 Å². The SMILES string of the molecule is COc1ccc(CN(C)C(=O)CCn2ncc3c(C)cccc32)cc1OC. The molecule has 1 aromatic heterocycles. The van der Waals surface area contributed by atoms with Crippen LogP contribution in [0.2, 0.25) is 0 Å². The highest BCUT2D eigenvalue weighted by Gasteiger charge is 2.13. The first-order valence-electron chi connectivity index (χ1n) is 8.89. The summed E-state index contributed by atoms with van der Waals surface area (Å²) in [4.78, 5) is 14.3. The van der Waals surface area contributed by atoms with E-state index in [9.17, 15) is 4.79 Å². The maximum Gasteiger partial charge on any atom is 0.224 e. The molecular weight excluding hydrogens is 342 g/mol. The lowest BCUT2D eigenvalue weighted by Crippen LogP contribution is -2.27. The lowest BCUT2D eigenvalue weighted by atomic mass is 10.1. The number of ether oxygens (including phenoxy) is 2. The molecule has 1 heterocycles. The zero-order valence-electron chi connectivity index (χ0n) is 16.2. The number of amides is 1. The number of benzene rings is 2. The maximum atomic E-state index is 12.6. The number of nitrogens with zero attached hydrogens (tertiary/aromatic N) is 3. The molecule has 0 bridgehead atoms. The molecule has 3 aromatic rings. The number of carbonyl (C=O) groups excluding carboxylic acids is 1. The van der Waals surface area contributed by atoms with E-state index in [1.54, 1.807) is 19.1 Å². The van der Waals surface area contributed by atoms with Crippen LogP contribution >= 0.6 is 0 Å². The standard InChI is InChI=1S/C21H25N3O3/c1-15-6-5-7-18-17(15)13-22-24(18)11-10-21(25)23(2)14-16-8-9-19(26-3)20(12-16)27-4/h5-9,12-13H,10-11,14H2,1-4H3. The lowest BCUT2D eigenvalue weighted by Gasteiger charge is -2.18. The predicted octanol–water partition coefficient (Wildman–Crippen LogP) is 3.41. The third-order valence-corrected chi connectivity index (χ3v) is 4.74. The average Bonchev–Trinajstić information content (AvgIpc) is 3.10. The minimum Gasteiger partial charge on any atom is -0.493 e. The largest absolute Gasteiger partial charge is 0.493 e. The van der Waals surface area contributed by atoms with Gasteiger partial charge in [0.1, 0.15) is 0 Å². The van der Waals surface area contributed by atoms with Gasteiger partial charge in [-0.05, 0) is 36.2 Å². The van der Waals surface area contributed by atoms with Crippen molar-refractivity contribution < 1.29 is 14.3 Å². The van der Waals surface area contributed by atoms with E-state index < -0.39 is 0 Å². The van der Waals surface area contributed by atoms with Crippen LogP contribution in [0.3, 0.4) is 0 Å². The highest BCUT2D eigenvalue weighted by molar-refractivity contribution is 5.82. The highest BCUT2D eigenvalue weighted by Crippen LogP contribution is 2.28. The number of fused-ring (bicyclic) bond motifs is 1. The third kappa shape index (κ3) is 4.05. The summed E-state index contributed by atoms with van der Waals surface area (Å²) in [6, 6.07) is 11.8. The van der Waals surface area contributed by atoms with Gasteiger partial charge in [0.05, 0.1) is 32.5 Å². The molecule has 2 aromatic carbocycles. The van der Waals surface area contributed by atoms with Crippen molar-refractivity contribution in [2.45, 2.75) is 26.4 Å². The Bertz CT molecular complexity index is 949. The molecule has 1 amide bonds. The van der Waals surface area contributed by atoms with Gasteiger partial charge in [-0.15, -0.1) is 0 Å². The van der Waals surface area contributed by atoms with Gasteiger partial charge in [0.2, 0.25) is 5.91 Å². The monoisotopic (exact) mass is 367 g/mol. The lowest BCUT2D eigenvalue weighted by molar-refractivity contribution is -0.130. The van der Waals surface area contributed by atoms with E-state index in [0.29, 0.717) is 31.0 Å². The summed E-state index contributed by atoms with van der Waals surface area (Å²) in [6.45, 7) is 3.14. The first kappa shape index (κ1) is 18.8. The van der Waals surface area contributed by atoms with Crippen LogP contribution in [0.15, 0.2) is 42.6 Å². The number of aromatic nitrogens is 2. The summed E-state index contributed by atoms with van der Waals surface area (Å²) in [5.74, 6) is 1.41. The quantitative estimate of drug-likeness (QED) is 0.642. The molecule has 0 unspecified atom stereocenters. The van der Waals surface area contributed by atoms with Crippen molar-refractivity contribution in [3.05, 3.63) is 53.7 Å². The number of methoxy groups -OCH3 is 2. The Hall–Kier alpha value is -3.02. The van der Waals surface area contributed by atoms with Crippen molar-refractivity contribution in [2.75, 3.05) is 21.3 Å². The summed E-state index contributed by atoms with van der Waals surface area (Å²) < 4.78 is 12.5. The fraction of sp³-hybridized carbons (Fsp3) is 0.333. The molecule has 0 saturated heterocycles. The number of hydrogen-bond acceptors (Lipinski definition) is 4. The minimum atomic E-state index is 0.0705. The second-order valence-corrected chi connectivity index (χ2v) is 6.56. The van der Waals surface area contributed by atoms with E-state index in [-0.39, 0.29) is 5.91 Å². The van der Waals surface area contributed by atoms with E-state index in [0.717, 1.165) is 16.5 Å². The van der Waals surface area contributed by atoms with E-state index in [1.165, 1.54) is 5.56 Å². The fourth-order valence-corrected chi connectivity index (χ4v) is 3.16. The van der Waals surface area contributed by atoms with Gasteiger partial charge in [-0.1, -0.05) is 18.2 Å². The molecule has 0 aliphatic carbocycles. The van der Waals surface area contributed by atoms with Gasteiger partial charge in [0.15, 0.2) is 11.5 Å². The van der Waals surface area contributed by atoms with Gasteiger partial charge < -0.3 is 14.4 Å². The molecule has 3 rings (SSSR count). The van der Waals surface area contributed by atoms with Crippen molar-refractivity contribution in [3.63, 3.8) is 0 Å². The van der Waals surface area contributed by atoms with Crippen LogP contribution in [-0.4, -0.2) is 41.9 Å². The number of aryl methyl sites for hydroxylation is 2. The maximum absolute atomic E-state index is 12.6. The van der Waals surface area contributed by atoms with Gasteiger partial charge in [0, 0.05) is 25.4 Å². The van der Waals surface area contributed by atoms with Gasteiger partial charge in [-0.3, -0.25) is 9.48 Å². The van der Waals surface area contributed by atoms with Crippen LogP contribution in [-0.2, 0) is 17.9 Å². The van der Waals surface area contributed by atoms with Crippen molar-refractivity contribution in [1.29, 1.82) is 0 Å². The van der Waals surface area contributed by atoms with Gasteiger partial charge in [-0.2, -0.15) is 5.10 Å². The van der Waals surface area contributed by atoms with Gasteiger partial charge in [0.25, 0.3) is 0 Å². The Labute approximate surface area is 159 Å². The topological polar surface area (TPSA) is 56.6 Å². The van der Waals surface area contributed by atoms with Crippen LogP contribution in [0.25, 0.3) is 10.9 Å². The van der Waals surface area contributed by atoms with E-state index in [2.05, 4.69) is 18.1 Å². The first-order chi connectivity index (χ1) is 13.0. The van der Waals surface area contributed by atoms with Crippen molar-refractivity contribution >= 4 is 16.8 Å². The molecular formula is C21H25N3O3. The number of carbonyl (C=O) groups is 1. The van der Waals surface area contributed by atoms with E-state index >= 15 is 0 Å². The Balaban J connectivity index is 1.63. The average molecular weight is 367 g/mol. The highest BCUT2D eigenvalue weighted by atomic mass is 16.5.